The lowest BCUT2D eigenvalue weighted by Gasteiger charge is -2.24. The van der Waals surface area contributed by atoms with Gasteiger partial charge in [-0.15, -0.1) is 5.10 Å². The third-order valence-corrected chi connectivity index (χ3v) is 6.29. The van der Waals surface area contributed by atoms with Crippen LogP contribution in [-0.4, -0.2) is 42.4 Å². The number of carbonyl (C=O) groups is 3. The van der Waals surface area contributed by atoms with E-state index in [1.165, 1.54) is 18.2 Å². The topological polar surface area (TPSA) is 97.3 Å². The van der Waals surface area contributed by atoms with Gasteiger partial charge in [-0.3, -0.25) is 9.59 Å². The van der Waals surface area contributed by atoms with Crippen molar-refractivity contribution in [3.05, 3.63) is 107 Å². The molecule has 1 aliphatic heterocycles. The van der Waals surface area contributed by atoms with Crippen molar-refractivity contribution in [1.82, 2.24) is 5.01 Å². The Balaban J connectivity index is 1.49. The third kappa shape index (κ3) is 6.98. The maximum absolute atomic E-state index is 13.4. The minimum Gasteiger partial charge on any atom is -0.466 e. The normalized spacial score (nSPS) is 14.1. The number of hydrazone groups is 1. The number of nitrogens with one attached hydrogen (secondary N) is 1. The summed E-state index contributed by atoms with van der Waals surface area (Å²) in [6, 6.07) is 24.3. The van der Waals surface area contributed by atoms with E-state index in [1.807, 2.05) is 86.6 Å². The third-order valence-electron chi connectivity index (χ3n) is 6.29. The van der Waals surface area contributed by atoms with Crippen molar-refractivity contribution in [1.29, 1.82) is 0 Å². The molecule has 1 aliphatic rings. The number of benzene rings is 3. The average molecular weight is 526 g/mol. The fourth-order valence-electron chi connectivity index (χ4n) is 4.28. The van der Waals surface area contributed by atoms with Gasteiger partial charge in [0.2, 0.25) is 11.8 Å². The fourth-order valence-corrected chi connectivity index (χ4v) is 4.28. The Labute approximate surface area is 227 Å². The molecular weight excluding hydrogens is 494 g/mol. The number of anilines is 1. The van der Waals surface area contributed by atoms with Crippen LogP contribution in [0.15, 0.2) is 90.0 Å². The molecule has 1 unspecified atom stereocenters. The summed E-state index contributed by atoms with van der Waals surface area (Å²) >= 11 is 0. The summed E-state index contributed by atoms with van der Waals surface area (Å²) in [6.07, 6.45) is 2.93. The number of hydrogen-bond acceptors (Lipinski definition) is 6. The Bertz CT molecular complexity index is 1380. The second-order valence-electron chi connectivity index (χ2n) is 9.41. The highest BCUT2D eigenvalue weighted by molar-refractivity contribution is 5.99. The lowest BCUT2D eigenvalue weighted by molar-refractivity contribution is -0.136. The molecule has 3 aromatic rings. The van der Waals surface area contributed by atoms with Gasteiger partial charge in [-0.1, -0.05) is 74.5 Å². The number of rotatable bonds is 9. The zero-order valence-electron chi connectivity index (χ0n) is 22.2. The summed E-state index contributed by atoms with van der Waals surface area (Å²) in [4.78, 5) is 37.4. The van der Waals surface area contributed by atoms with Crippen LogP contribution in [0.2, 0.25) is 0 Å². The van der Waals surface area contributed by atoms with Gasteiger partial charge in [0.15, 0.2) is 6.61 Å². The second kappa shape index (κ2) is 12.7. The van der Waals surface area contributed by atoms with Crippen LogP contribution < -0.4 is 5.32 Å². The van der Waals surface area contributed by atoms with Crippen LogP contribution in [0.4, 0.5) is 5.69 Å². The maximum atomic E-state index is 13.4. The van der Waals surface area contributed by atoms with E-state index >= 15 is 0 Å². The number of esters is 1. The summed E-state index contributed by atoms with van der Waals surface area (Å²) in [5.74, 6) is -0.839. The zero-order chi connectivity index (χ0) is 27.8. The first-order valence-electron chi connectivity index (χ1n) is 12.7. The average Bonchev–Trinajstić information content (AvgIpc) is 2.95. The van der Waals surface area contributed by atoms with E-state index in [2.05, 4.69) is 15.2 Å². The van der Waals surface area contributed by atoms with Gasteiger partial charge < -0.3 is 14.8 Å². The zero-order valence-corrected chi connectivity index (χ0v) is 22.2. The van der Waals surface area contributed by atoms with Crippen molar-refractivity contribution in [2.24, 2.45) is 11.0 Å². The Morgan fingerprint density at radius 1 is 1.03 bits per heavy atom. The molecule has 1 heterocycles. The molecule has 0 bridgehead atoms. The number of ether oxygens (including phenoxy) is 2. The van der Waals surface area contributed by atoms with E-state index in [0.29, 0.717) is 17.1 Å². The van der Waals surface area contributed by atoms with Crippen LogP contribution >= 0.6 is 0 Å². The maximum Gasteiger partial charge on any atom is 0.330 e. The molecule has 1 atom stereocenters. The van der Waals surface area contributed by atoms with Crippen molar-refractivity contribution in [2.45, 2.75) is 26.3 Å². The number of amides is 2. The predicted molar refractivity (Wildman–Crippen MR) is 150 cm³/mol. The molecule has 0 spiro atoms. The molecule has 200 valence electrons. The monoisotopic (exact) mass is 525 g/mol. The van der Waals surface area contributed by atoms with Crippen molar-refractivity contribution < 1.29 is 23.9 Å². The van der Waals surface area contributed by atoms with Crippen LogP contribution in [0.5, 0.6) is 0 Å². The molecule has 8 heteroatoms. The minimum atomic E-state index is -0.475. The smallest absolute Gasteiger partial charge is 0.330 e. The van der Waals surface area contributed by atoms with E-state index in [4.69, 9.17) is 4.74 Å². The molecule has 0 radical (unpaired) electrons. The Kier molecular flexibility index (Phi) is 8.89. The predicted octanol–water partition coefficient (Wildman–Crippen LogP) is 4.97. The molecule has 4 rings (SSSR count). The van der Waals surface area contributed by atoms with Gasteiger partial charge in [-0.2, -0.15) is 0 Å². The van der Waals surface area contributed by atoms with Crippen molar-refractivity contribution in [3.63, 3.8) is 0 Å². The van der Waals surface area contributed by atoms with Gasteiger partial charge in [-0.05, 0) is 46.9 Å². The van der Waals surface area contributed by atoms with Crippen LogP contribution in [0.1, 0.15) is 42.0 Å². The van der Waals surface area contributed by atoms with Crippen molar-refractivity contribution in [3.8, 4) is 0 Å². The standard InChI is InChI=1S/C31H31N3O5/c1-21(2)29(30(37)32-26-12-8-7-9-23(26)17-18-28(36)38-3)24-15-13-22(14-16-24)19-34-27(35)20-39-31(33-34)25-10-5-4-6-11-25/h4-18,21,29H,19-20H2,1-3H3,(H,32,37). The van der Waals surface area contributed by atoms with Gasteiger partial charge in [0.25, 0.3) is 5.91 Å². The Morgan fingerprint density at radius 2 is 1.72 bits per heavy atom. The SMILES string of the molecule is COC(=O)C=Cc1ccccc1NC(=O)C(c1ccc(CN2N=C(c3ccccc3)OCC2=O)cc1)C(C)C. The fraction of sp³-hybridized carbons (Fsp3) is 0.226. The molecule has 0 saturated carbocycles. The quantitative estimate of drug-likeness (QED) is 0.314. The number of para-hydroxylation sites is 1. The molecule has 0 fully saturated rings. The highest BCUT2D eigenvalue weighted by Crippen LogP contribution is 2.28. The summed E-state index contributed by atoms with van der Waals surface area (Å²) in [6.45, 7) is 4.20. The summed E-state index contributed by atoms with van der Waals surface area (Å²) in [5.41, 5.74) is 3.84. The first kappa shape index (κ1) is 27.3. The Morgan fingerprint density at radius 3 is 2.41 bits per heavy atom. The van der Waals surface area contributed by atoms with Gasteiger partial charge >= 0.3 is 5.97 Å². The largest absolute Gasteiger partial charge is 0.466 e. The van der Waals surface area contributed by atoms with E-state index < -0.39 is 11.9 Å². The van der Waals surface area contributed by atoms with Crippen molar-refractivity contribution in [2.75, 3.05) is 19.0 Å². The van der Waals surface area contributed by atoms with Crippen LogP contribution in [0, 0.1) is 5.92 Å². The molecule has 0 aromatic heterocycles. The molecule has 0 aliphatic carbocycles. The summed E-state index contributed by atoms with van der Waals surface area (Å²) < 4.78 is 10.2. The van der Waals surface area contributed by atoms with Crippen LogP contribution in [0.3, 0.4) is 0 Å². The lowest BCUT2D eigenvalue weighted by atomic mass is 9.87. The first-order valence-corrected chi connectivity index (χ1v) is 12.7. The summed E-state index contributed by atoms with van der Waals surface area (Å²) in [5, 5.41) is 8.83. The number of carbonyl (C=O) groups excluding carboxylic acids is 3. The molecule has 8 nitrogen and oxygen atoms in total. The minimum absolute atomic E-state index is 0.0208. The number of nitrogens with zero attached hydrogens (tertiary/aromatic N) is 2. The van der Waals surface area contributed by atoms with Gasteiger partial charge in [0, 0.05) is 17.3 Å². The first-order chi connectivity index (χ1) is 18.9. The van der Waals surface area contributed by atoms with E-state index in [-0.39, 0.29) is 30.9 Å². The lowest BCUT2D eigenvalue weighted by Crippen LogP contribution is -2.36. The molecule has 3 aromatic carbocycles. The summed E-state index contributed by atoms with van der Waals surface area (Å²) in [7, 11) is 1.31. The van der Waals surface area contributed by atoms with Gasteiger partial charge in [0.1, 0.15) is 0 Å². The molecule has 2 amide bonds. The second-order valence-corrected chi connectivity index (χ2v) is 9.41. The van der Waals surface area contributed by atoms with Crippen LogP contribution in [-0.2, 0) is 30.4 Å². The number of hydrogen-bond donors (Lipinski definition) is 1. The van der Waals surface area contributed by atoms with E-state index in [0.717, 1.165) is 16.7 Å². The molecule has 1 N–H and O–H groups in total. The van der Waals surface area contributed by atoms with Gasteiger partial charge in [-0.25, -0.2) is 9.80 Å². The van der Waals surface area contributed by atoms with Crippen molar-refractivity contribution >= 4 is 35.4 Å². The molecular formula is C31H31N3O5. The highest BCUT2D eigenvalue weighted by atomic mass is 16.5. The van der Waals surface area contributed by atoms with E-state index in [9.17, 15) is 14.4 Å². The van der Waals surface area contributed by atoms with E-state index in [1.54, 1.807) is 12.1 Å². The van der Waals surface area contributed by atoms with Gasteiger partial charge in [0.05, 0.1) is 19.6 Å². The van der Waals surface area contributed by atoms with Crippen LogP contribution in [0.25, 0.3) is 6.08 Å². The molecule has 39 heavy (non-hydrogen) atoms. The highest BCUT2D eigenvalue weighted by Gasteiger charge is 2.26. The molecule has 0 saturated heterocycles. The Hall–Kier alpha value is -4.72. The number of methoxy groups -OCH3 is 1.